The summed E-state index contributed by atoms with van der Waals surface area (Å²) in [7, 11) is 3.31. The Bertz CT molecular complexity index is 190. The molecule has 0 aromatic heterocycles. The molecule has 0 aromatic rings. The molecular weight excluding hydrogens is 274 g/mol. The smallest absolute Gasteiger partial charge is 0.236 e. The molecule has 0 bridgehead atoms. The number of alkyl halides is 1. The minimum Gasteiger partial charge on any atom is -0.385 e. The molecule has 0 saturated heterocycles. The number of hydrogen-bond donors (Lipinski definition) is 0. The number of carbonyl (C=O) groups is 1. The highest BCUT2D eigenvalue weighted by Crippen LogP contribution is 2.09. The summed E-state index contributed by atoms with van der Waals surface area (Å²) in [6.45, 7) is 4.60. The van der Waals surface area contributed by atoms with Crippen molar-refractivity contribution in [1.29, 1.82) is 0 Å². The summed E-state index contributed by atoms with van der Waals surface area (Å²) in [5.41, 5.74) is 0. The number of amides is 1. The third-order valence-electron chi connectivity index (χ3n) is 2.28. The van der Waals surface area contributed by atoms with E-state index in [0.717, 1.165) is 19.4 Å². The van der Waals surface area contributed by atoms with Crippen LogP contribution in [0.15, 0.2) is 0 Å². The van der Waals surface area contributed by atoms with Gasteiger partial charge in [-0.15, -0.1) is 0 Å². The average molecular weight is 296 g/mol. The van der Waals surface area contributed by atoms with Crippen LogP contribution in [0.3, 0.4) is 0 Å². The van der Waals surface area contributed by atoms with Crippen molar-refractivity contribution in [2.45, 2.75) is 24.6 Å². The van der Waals surface area contributed by atoms with Gasteiger partial charge in [0.2, 0.25) is 5.91 Å². The summed E-state index contributed by atoms with van der Waals surface area (Å²) in [5, 5.41) is 0. The molecule has 0 aliphatic rings. The van der Waals surface area contributed by atoms with E-state index in [4.69, 9.17) is 9.47 Å². The summed E-state index contributed by atoms with van der Waals surface area (Å²) in [5.74, 6) is 0.135. The second-order valence-corrected chi connectivity index (χ2v) is 4.65. The van der Waals surface area contributed by atoms with Gasteiger partial charge in [-0.25, -0.2) is 0 Å². The van der Waals surface area contributed by atoms with Crippen molar-refractivity contribution in [1.82, 2.24) is 4.90 Å². The quantitative estimate of drug-likeness (QED) is 0.480. The Kier molecular flexibility index (Phi) is 9.97. The van der Waals surface area contributed by atoms with Crippen molar-refractivity contribution in [3.8, 4) is 0 Å². The number of hydrogen-bond acceptors (Lipinski definition) is 3. The number of halogens is 1. The Hall–Kier alpha value is -0.130. The van der Waals surface area contributed by atoms with Crippen LogP contribution in [0.2, 0.25) is 0 Å². The van der Waals surface area contributed by atoms with Gasteiger partial charge in [0, 0.05) is 33.9 Å². The number of rotatable bonds is 9. The van der Waals surface area contributed by atoms with Gasteiger partial charge >= 0.3 is 0 Å². The number of ether oxygens (including phenoxy) is 2. The van der Waals surface area contributed by atoms with Crippen molar-refractivity contribution >= 4 is 21.8 Å². The molecule has 1 atom stereocenters. The molecule has 0 saturated carbocycles. The summed E-state index contributed by atoms with van der Waals surface area (Å²) < 4.78 is 9.98. The Morgan fingerprint density at radius 2 is 1.88 bits per heavy atom. The molecule has 0 rings (SSSR count). The summed E-state index contributed by atoms with van der Waals surface area (Å²) in [6, 6.07) is 0. The molecule has 0 spiro atoms. The van der Waals surface area contributed by atoms with Gasteiger partial charge in [0.1, 0.15) is 0 Å². The number of methoxy groups -OCH3 is 2. The van der Waals surface area contributed by atoms with Crippen LogP contribution < -0.4 is 0 Å². The van der Waals surface area contributed by atoms with E-state index in [-0.39, 0.29) is 10.7 Å². The Labute approximate surface area is 106 Å². The molecule has 0 fully saturated rings. The van der Waals surface area contributed by atoms with Crippen molar-refractivity contribution in [3.63, 3.8) is 0 Å². The lowest BCUT2D eigenvalue weighted by Gasteiger charge is -2.24. The van der Waals surface area contributed by atoms with Gasteiger partial charge in [-0.05, 0) is 12.8 Å². The van der Waals surface area contributed by atoms with Crippen LogP contribution in [0.25, 0.3) is 0 Å². The summed E-state index contributed by atoms with van der Waals surface area (Å²) >= 11 is 3.38. The summed E-state index contributed by atoms with van der Waals surface area (Å²) in [6.07, 6.45) is 1.65. The van der Waals surface area contributed by atoms with Gasteiger partial charge in [-0.2, -0.15) is 0 Å². The first-order valence-corrected chi connectivity index (χ1v) is 6.49. The van der Waals surface area contributed by atoms with Crippen molar-refractivity contribution < 1.29 is 14.3 Å². The largest absolute Gasteiger partial charge is 0.385 e. The third kappa shape index (κ3) is 6.45. The van der Waals surface area contributed by atoms with E-state index in [2.05, 4.69) is 15.9 Å². The van der Waals surface area contributed by atoms with Gasteiger partial charge in [-0.3, -0.25) is 4.79 Å². The van der Waals surface area contributed by atoms with Crippen molar-refractivity contribution in [3.05, 3.63) is 0 Å². The number of nitrogens with zero attached hydrogens (tertiary/aromatic N) is 1. The SMILES string of the molecule is CCC(Br)C(=O)N(CCCOC)CCOC. The lowest BCUT2D eigenvalue weighted by molar-refractivity contribution is -0.131. The second kappa shape index (κ2) is 10.1. The maximum absolute atomic E-state index is 12.0. The molecule has 5 heteroatoms. The molecule has 4 nitrogen and oxygen atoms in total. The van der Waals surface area contributed by atoms with Gasteiger partial charge in [0.25, 0.3) is 0 Å². The predicted molar refractivity (Wildman–Crippen MR) is 68.0 cm³/mol. The lowest BCUT2D eigenvalue weighted by atomic mass is 10.2. The fraction of sp³-hybridized carbons (Fsp3) is 0.909. The standard InChI is InChI=1S/C11H22BrNO3/c1-4-10(12)11(14)13(7-9-16-3)6-5-8-15-2/h10H,4-9H2,1-3H3. The zero-order valence-electron chi connectivity index (χ0n) is 10.4. The lowest BCUT2D eigenvalue weighted by Crippen LogP contribution is -2.39. The van der Waals surface area contributed by atoms with Crippen molar-refractivity contribution in [2.24, 2.45) is 0 Å². The Morgan fingerprint density at radius 3 is 2.38 bits per heavy atom. The maximum Gasteiger partial charge on any atom is 0.236 e. The highest BCUT2D eigenvalue weighted by atomic mass is 79.9. The zero-order chi connectivity index (χ0) is 12.4. The Morgan fingerprint density at radius 1 is 1.25 bits per heavy atom. The van der Waals surface area contributed by atoms with Gasteiger partial charge in [-0.1, -0.05) is 22.9 Å². The predicted octanol–water partition coefficient (Wildman–Crippen LogP) is 1.67. The van der Waals surface area contributed by atoms with E-state index in [9.17, 15) is 4.79 Å². The molecule has 96 valence electrons. The highest BCUT2D eigenvalue weighted by molar-refractivity contribution is 9.10. The molecule has 0 aliphatic heterocycles. The van der Waals surface area contributed by atoms with Crippen LogP contribution in [-0.2, 0) is 14.3 Å². The topological polar surface area (TPSA) is 38.8 Å². The minimum atomic E-state index is -0.0908. The molecule has 0 heterocycles. The first-order chi connectivity index (χ1) is 7.67. The fourth-order valence-electron chi connectivity index (χ4n) is 1.31. The van der Waals surface area contributed by atoms with E-state index in [0.29, 0.717) is 19.8 Å². The average Bonchev–Trinajstić information content (AvgIpc) is 2.31. The monoisotopic (exact) mass is 295 g/mol. The van der Waals surface area contributed by atoms with Crippen LogP contribution in [0.4, 0.5) is 0 Å². The number of carbonyl (C=O) groups excluding carboxylic acids is 1. The van der Waals surface area contributed by atoms with Crippen LogP contribution in [-0.4, -0.2) is 56.2 Å². The normalized spacial score (nSPS) is 12.5. The van der Waals surface area contributed by atoms with Gasteiger partial charge < -0.3 is 14.4 Å². The molecule has 0 N–H and O–H groups in total. The molecule has 0 aliphatic carbocycles. The molecule has 16 heavy (non-hydrogen) atoms. The van der Waals surface area contributed by atoms with E-state index >= 15 is 0 Å². The minimum absolute atomic E-state index is 0.0908. The molecule has 1 unspecified atom stereocenters. The molecule has 1 amide bonds. The van der Waals surface area contributed by atoms with Gasteiger partial charge in [0.05, 0.1) is 11.4 Å². The van der Waals surface area contributed by atoms with Crippen LogP contribution >= 0.6 is 15.9 Å². The van der Waals surface area contributed by atoms with E-state index in [1.807, 2.05) is 11.8 Å². The van der Waals surface area contributed by atoms with E-state index in [1.54, 1.807) is 14.2 Å². The van der Waals surface area contributed by atoms with Crippen LogP contribution in [0, 0.1) is 0 Å². The molecule has 0 aromatic carbocycles. The second-order valence-electron chi connectivity index (χ2n) is 3.54. The Balaban J connectivity index is 4.12. The highest BCUT2D eigenvalue weighted by Gasteiger charge is 2.19. The van der Waals surface area contributed by atoms with E-state index in [1.165, 1.54) is 0 Å². The third-order valence-corrected chi connectivity index (χ3v) is 3.32. The fourth-order valence-corrected chi connectivity index (χ4v) is 1.60. The molecular formula is C11H22BrNO3. The maximum atomic E-state index is 12.0. The first kappa shape index (κ1) is 15.9. The first-order valence-electron chi connectivity index (χ1n) is 5.58. The summed E-state index contributed by atoms with van der Waals surface area (Å²) in [4.78, 5) is 13.7. The van der Waals surface area contributed by atoms with Crippen LogP contribution in [0.1, 0.15) is 19.8 Å². The molecule has 0 radical (unpaired) electrons. The zero-order valence-corrected chi connectivity index (χ0v) is 12.0. The van der Waals surface area contributed by atoms with Crippen molar-refractivity contribution in [2.75, 3.05) is 40.5 Å². The van der Waals surface area contributed by atoms with E-state index < -0.39 is 0 Å². The van der Waals surface area contributed by atoms with Crippen LogP contribution in [0.5, 0.6) is 0 Å². The van der Waals surface area contributed by atoms with Gasteiger partial charge in [0.15, 0.2) is 0 Å².